The zero-order chi connectivity index (χ0) is 16.5. The summed E-state index contributed by atoms with van der Waals surface area (Å²) in [6.07, 6.45) is 3.74. The SMILES string of the molecule is CCNc1ncc(CN(Cc2ccccc2)C[C@@H](C)CO)cn1. The van der Waals surface area contributed by atoms with Crippen LogP contribution in [0.5, 0.6) is 0 Å². The van der Waals surface area contributed by atoms with Gasteiger partial charge in [0.25, 0.3) is 0 Å². The van der Waals surface area contributed by atoms with E-state index in [-0.39, 0.29) is 12.5 Å². The lowest BCUT2D eigenvalue weighted by atomic mass is 10.1. The number of rotatable bonds is 9. The largest absolute Gasteiger partial charge is 0.396 e. The Morgan fingerprint density at radius 2 is 1.74 bits per heavy atom. The van der Waals surface area contributed by atoms with E-state index < -0.39 is 0 Å². The van der Waals surface area contributed by atoms with Crippen LogP contribution >= 0.6 is 0 Å². The van der Waals surface area contributed by atoms with Crippen LogP contribution in [0.25, 0.3) is 0 Å². The molecule has 2 N–H and O–H groups in total. The molecule has 0 amide bonds. The van der Waals surface area contributed by atoms with Gasteiger partial charge >= 0.3 is 0 Å². The van der Waals surface area contributed by atoms with Gasteiger partial charge < -0.3 is 10.4 Å². The summed E-state index contributed by atoms with van der Waals surface area (Å²) in [6.45, 7) is 7.54. The summed E-state index contributed by atoms with van der Waals surface area (Å²) in [5.41, 5.74) is 2.34. The van der Waals surface area contributed by atoms with E-state index >= 15 is 0 Å². The number of hydrogen-bond donors (Lipinski definition) is 2. The fourth-order valence-electron chi connectivity index (χ4n) is 2.47. The van der Waals surface area contributed by atoms with Crippen molar-refractivity contribution < 1.29 is 5.11 Å². The molecule has 0 saturated carbocycles. The van der Waals surface area contributed by atoms with Crippen LogP contribution in [0.4, 0.5) is 5.95 Å². The van der Waals surface area contributed by atoms with E-state index in [9.17, 15) is 5.11 Å². The van der Waals surface area contributed by atoms with E-state index in [0.29, 0.717) is 5.95 Å². The van der Waals surface area contributed by atoms with Gasteiger partial charge in [-0.15, -0.1) is 0 Å². The molecule has 2 aromatic rings. The number of aliphatic hydroxyl groups excluding tert-OH is 1. The fourth-order valence-corrected chi connectivity index (χ4v) is 2.47. The predicted molar refractivity (Wildman–Crippen MR) is 93.0 cm³/mol. The smallest absolute Gasteiger partial charge is 0.222 e. The Kier molecular flexibility index (Phi) is 6.97. The maximum Gasteiger partial charge on any atom is 0.222 e. The average molecular weight is 314 g/mol. The summed E-state index contributed by atoms with van der Waals surface area (Å²) in [7, 11) is 0. The molecule has 0 bridgehead atoms. The van der Waals surface area contributed by atoms with Crippen molar-refractivity contribution in [3.8, 4) is 0 Å². The molecule has 1 atom stereocenters. The average Bonchev–Trinajstić information content (AvgIpc) is 2.57. The quantitative estimate of drug-likeness (QED) is 0.745. The van der Waals surface area contributed by atoms with Crippen molar-refractivity contribution in [1.29, 1.82) is 0 Å². The molecule has 23 heavy (non-hydrogen) atoms. The van der Waals surface area contributed by atoms with E-state index in [4.69, 9.17) is 0 Å². The van der Waals surface area contributed by atoms with Gasteiger partial charge in [0.1, 0.15) is 0 Å². The van der Waals surface area contributed by atoms with Crippen LogP contribution in [0.2, 0.25) is 0 Å². The zero-order valence-corrected chi connectivity index (χ0v) is 13.9. The van der Waals surface area contributed by atoms with E-state index in [1.807, 2.05) is 25.4 Å². The Bertz CT molecular complexity index is 559. The Balaban J connectivity index is 2.03. The zero-order valence-electron chi connectivity index (χ0n) is 13.9. The van der Waals surface area contributed by atoms with Gasteiger partial charge in [-0.25, -0.2) is 9.97 Å². The van der Waals surface area contributed by atoms with E-state index in [0.717, 1.165) is 31.7 Å². The van der Waals surface area contributed by atoms with Gasteiger partial charge in [-0.3, -0.25) is 4.90 Å². The molecule has 0 unspecified atom stereocenters. The van der Waals surface area contributed by atoms with Gasteiger partial charge in [0.15, 0.2) is 0 Å². The van der Waals surface area contributed by atoms with E-state index in [1.165, 1.54) is 5.56 Å². The van der Waals surface area contributed by atoms with Crippen molar-refractivity contribution in [3.05, 3.63) is 53.9 Å². The first-order valence-corrected chi connectivity index (χ1v) is 8.13. The highest BCUT2D eigenvalue weighted by molar-refractivity contribution is 5.24. The second-order valence-electron chi connectivity index (χ2n) is 5.89. The first kappa shape index (κ1) is 17.4. The summed E-state index contributed by atoms with van der Waals surface area (Å²) in [5.74, 6) is 0.898. The molecule has 0 aliphatic carbocycles. The number of benzene rings is 1. The number of aromatic nitrogens is 2. The lowest BCUT2D eigenvalue weighted by Crippen LogP contribution is -2.29. The second-order valence-corrected chi connectivity index (χ2v) is 5.89. The molecule has 0 saturated heterocycles. The standard InChI is InChI=1S/C18H26N4O/c1-3-19-18-20-9-17(10-21-18)13-22(11-15(2)14-23)12-16-7-5-4-6-8-16/h4-10,15,23H,3,11-14H2,1-2H3,(H,19,20,21)/t15-/m1/s1. The number of hydrogen-bond acceptors (Lipinski definition) is 5. The topological polar surface area (TPSA) is 61.3 Å². The highest BCUT2D eigenvalue weighted by atomic mass is 16.3. The van der Waals surface area contributed by atoms with Crippen LogP contribution in [0.15, 0.2) is 42.7 Å². The van der Waals surface area contributed by atoms with Crippen molar-refractivity contribution in [1.82, 2.24) is 14.9 Å². The summed E-state index contributed by atoms with van der Waals surface area (Å²) in [4.78, 5) is 11.0. The molecule has 0 aliphatic rings. The van der Waals surface area contributed by atoms with Gasteiger partial charge in [-0.05, 0) is 18.4 Å². The summed E-state index contributed by atoms with van der Waals surface area (Å²) in [6, 6.07) is 10.4. The molecule has 0 fully saturated rings. The van der Waals surface area contributed by atoms with Crippen LogP contribution < -0.4 is 5.32 Å². The fraction of sp³-hybridized carbons (Fsp3) is 0.444. The third-order valence-corrected chi connectivity index (χ3v) is 3.58. The van der Waals surface area contributed by atoms with Crippen molar-refractivity contribution in [2.75, 3.05) is 25.0 Å². The van der Waals surface area contributed by atoms with Gasteiger partial charge in [0, 0.05) is 50.7 Å². The molecule has 0 aliphatic heterocycles. The lowest BCUT2D eigenvalue weighted by molar-refractivity contribution is 0.163. The number of nitrogens with zero attached hydrogens (tertiary/aromatic N) is 3. The predicted octanol–water partition coefficient (Wildman–Crippen LogP) is 2.54. The highest BCUT2D eigenvalue weighted by Crippen LogP contribution is 2.12. The molecule has 1 aromatic heterocycles. The Morgan fingerprint density at radius 1 is 1.09 bits per heavy atom. The summed E-state index contributed by atoms with van der Waals surface area (Å²) in [5, 5.41) is 12.5. The molecule has 1 aromatic carbocycles. The summed E-state index contributed by atoms with van der Waals surface area (Å²) >= 11 is 0. The Labute approximate surface area is 138 Å². The van der Waals surface area contributed by atoms with Gasteiger partial charge in [0.2, 0.25) is 5.95 Å². The van der Waals surface area contributed by atoms with Crippen LogP contribution in [0.3, 0.4) is 0 Å². The first-order chi connectivity index (χ1) is 11.2. The molecule has 1 heterocycles. The monoisotopic (exact) mass is 314 g/mol. The number of aliphatic hydroxyl groups is 1. The van der Waals surface area contributed by atoms with Crippen LogP contribution in [0.1, 0.15) is 25.0 Å². The maximum absolute atomic E-state index is 9.35. The minimum absolute atomic E-state index is 0.196. The molecule has 0 spiro atoms. The second kappa shape index (κ2) is 9.22. The molecule has 124 valence electrons. The van der Waals surface area contributed by atoms with Crippen molar-refractivity contribution in [2.24, 2.45) is 5.92 Å². The molecule has 2 rings (SSSR count). The lowest BCUT2D eigenvalue weighted by Gasteiger charge is -2.25. The summed E-state index contributed by atoms with van der Waals surface area (Å²) < 4.78 is 0. The minimum Gasteiger partial charge on any atom is -0.396 e. The Hall–Kier alpha value is -1.98. The Morgan fingerprint density at radius 3 is 2.35 bits per heavy atom. The molecule has 5 heteroatoms. The maximum atomic E-state index is 9.35. The molecule has 0 radical (unpaired) electrons. The third kappa shape index (κ3) is 5.96. The van der Waals surface area contributed by atoms with Gasteiger partial charge in [-0.1, -0.05) is 37.3 Å². The van der Waals surface area contributed by atoms with Gasteiger partial charge in [0.05, 0.1) is 0 Å². The van der Waals surface area contributed by atoms with Crippen molar-refractivity contribution >= 4 is 5.95 Å². The highest BCUT2D eigenvalue weighted by Gasteiger charge is 2.12. The van der Waals surface area contributed by atoms with Crippen LogP contribution in [0, 0.1) is 5.92 Å². The van der Waals surface area contributed by atoms with E-state index in [1.54, 1.807) is 0 Å². The molecule has 5 nitrogen and oxygen atoms in total. The third-order valence-electron chi connectivity index (χ3n) is 3.58. The van der Waals surface area contributed by atoms with Crippen LogP contribution in [-0.4, -0.2) is 39.7 Å². The molecular weight excluding hydrogens is 288 g/mol. The number of nitrogens with one attached hydrogen (secondary N) is 1. The normalized spacial score (nSPS) is 12.3. The van der Waals surface area contributed by atoms with Crippen molar-refractivity contribution in [3.63, 3.8) is 0 Å². The minimum atomic E-state index is 0.196. The van der Waals surface area contributed by atoms with Crippen molar-refractivity contribution in [2.45, 2.75) is 26.9 Å². The molecular formula is C18H26N4O. The van der Waals surface area contributed by atoms with Gasteiger partial charge in [-0.2, -0.15) is 0 Å². The first-order valence-electron chi connectivity index (χ1n) is 8.13. The number of anilines is 1. The van der Waals surface area contributed by atoms with Crippen LogP contribution in [-0.2, 0) is 13.1 Å². The van der Waals surface area contributed by atoms with E-state index in [2.05, 4.69) is 51.4 Å².